The van der Waals surface area contributed by atoms with Gasteiger partial charge in [-0.05, 0) is 37.8 Å². The van der Waals surface area contributed by atoms with Crippen LogP contribution in [0, 0.1) is 0 Å². The van der Waals surface area contributed by atoms with Gasteiger partial charge in [0.2, 0.25) is 11.6 Å². The monoisotopic (exact) mass is 490 g/mol. The maximum absolute atomic E-state index is 12.7. The van der Waals surface area contributed by atoms with Crippen molar-refractivity contribution in [3.8, 4) is 0 Å². The van der Waals surface area contributed by atoms with Gasteiger partial charge in [0.1, 0.15) is 6.61 Å². The number of alkyl carbamates (subject to hydrolysis) is 1. The zero-order valence-corrected chi connectivity index (χ0v) is 19.6. The maximum Gasteiger partial charge on any atom is 0.409 e. The van der Waals surface area contributed by atoms with Gasteiger partial charge in [-0.25, -0.2) is 9.59 Å². The van der Waals surface area contributed by atoms with Crippen molar-refractivity contribution in [1.29, 1.82) is 0 Å². The first-order valence-electron chi connectivity index (χ1n) is 11.9. The van der Waals surface area contributed by atoms with Crippen LogP contribution in [0.2, 0.25) is 0 Å². The lowest BCUT2D eigenvalue weighted by molar-refractivity contribution is -0.149. The highest BCUT2D eigenvalue weighted by Gasteiger charge is 2.42. The number of aliphatic imine (C=N–C) groups is 1. The van der Waals surface area contributed by atoms with Crippen molar-refractivity contribution in [1.82, 2.24) is 26.7 Å². The number of hydrogen-bond acceptors (Lipinski definition) is 9. The summed E-state index contributed by atoms with van der Waals surface area (Å²) in [4.78, 5) is 46.9. The van der Waals surface area contributed by atoms with Crippen molar-refractivity contribution in [2.24, 2.45) is 4.99 Å². The summed E-state index contributed by atoms with van der Waals surface area (Å²) in [5.74, 6) is -1.89. The van der Waals surface area contributed by atoms with Gasteiger partial charge >= 0.3 is 12.1 Å². The lowest BCUT2D eigenvalue weighted by atomic mass is 10.0. The fraction of sp³-hybridized carbons (Fsp3) is 0.565. The maximum atomic E-state index is 12.7. The molecule has 3 rings (SSSR count). The first kappa shape index (κ1) is 26.5. The van der Waals surface area contributed by atoms with Crippen LogP contribution in [0.15, 0.2) is 35.3 Å². The summed E-state index contributed by atoms with van der Waals surface area (Å²) in [5.41, 5.74) is 1.47. The predicted octanol–water partition coefficient (Wildman–Crippen LogP) is 0.601. The van der Waals surface area contributed by atoms with Crippen LogP contribution in [0.25, 0.3) is 0 Å². The van der Waals surface area contributed by atoms with Crippen molar-refractivity contribution >= 4 is 24.2 Å². The Bertz CT molecular complexity index is 863. The molecule has 3 unspecified atom stereocenters. The molecule has 12 heteroatoms. The van der Waals surface area contributed by atoms with Crippen molar-refractivity contribution < 1.29 is 29.1 Å². The van der Waals surface area contributed by atoms with E-state index in [0.29, 0.717) is 32.4 Å². The Balaban J connectivity index is 1.58. The molecule has 2 aliphatic rings. The first-order chi connectivity index (χ1) is 17.0. The average molecular weight is 491 g/mol. The van der Waals surface area contributed by atoms with E-state index in [4.69, 9.17) is 9.57 Å². The van der Waals surface area contributed by atoms with Crippen LogP contribution in [-0.4, -0.2) is 67.0 Å². The van der Waals surface area contributed by atoms with Gasteiger partial charge in [-0.3, -0.25) is 25.7 Å². The van der Waals surface area contributed by atoms with Crippen LogP contribution < -0.4 is 26.7 Å². The third-order valence-corrected chi connectivity index (χ3v) is 5.68. The highest BCUT2D eigenvalue weighted by molar-refractivity contribution is 5.90. The molecule has 6 N–H and O–H groups in total. The molecule has 0 saturated carbocycles. The second kappa shape index (κ2) is 13.7. The number of aliphatic carboxylic acids is 1. The molecule has 35 heavy (non-hydrogen) atoms. The Labute approximate surface area is 204 Å². The molecule has 0 bridgehead atoms. The molecule has 0 aliphatic carbocycles. The predicted molar refractivity (Wildman–Crippen MR) is 127 cm³/mol. The lowest BCUT2D eigenvalue weighted by Gasteiger charge is -2.31. The molecular formula is C23H34N6O6. The van der Waals surface area contributed by atoms with Gasteiger partial charge in [-0.1, -0.05) is 30.3 Å². The van der Waals surface area contributed by atoms with Crippen molar-refractivity contribution in [3.63, 3.8) is 0 Å². The van der Waals surface area contributed by atoms with Gasteiger partial charge in [0.05, 0.1) is 6.61 Å². The number of nitrogens with zero attached hydrogens (tertiary/aromatic N) is 1. The zero-order valence-electron chi connectivity index (χ0n) is 19.6. The summed E-state index contributed by atoms with van der Waals surface area (Å²) in [5, 5.41) is 21.4. The molecule has 1 fully saturated rings. The van der Waals surface area contributed by atoms with Gasteiger partial charge in [0, 0.05) is 31.6 Å². The van der Waals surface area contributed by atoms with E-state index < -0.39 is 23.6 Å². The number of benzene rings is 1. The number of unbranched alkanes of at least 4 members (excludes halogenated alkanes) is 1. The Morgan fingerprint density at radius 2 is 2.03 bits per heavy atom. The zero-order chi connectivity index (χ0) is 24.9. The molecule has 1 aromatic rings. The van der Waals surface area contributed by atoms with E-state index in [0.717, 1.165) is 18.5 Å². The van der Waals surface area contributed by atoms with Crippen LogP contribution in [0.1, 0.15) is 44.1 Å². The number of nitrogens with one attached hydrogen (secondary N) is 5. The SMILES string of the molecule is O=C(CC1CCON1)NC(CCCCNC1N=CCCN1)(NC(=O)OCc1ccccc1)C(=O)O. The van der Waals surface area contributed by atoms with Crippen molar-refractivity contribution in [3.05, 3.63) is 35.9 Å². The number of amides is 2. The normalized spacial score (nSPS) is 21.1. The lowest BCUT2D eigenvalue weighted by Crippen LogP contribution is -2.66. The third kappa shape index (κ3) is 8.91. The quantitative estimate of drug-likeness (QED) is 0.172. The minimum absolute atomic E-state index is 0.0165. The molecule has 12 nitrogen and oxygen atoms in total. The van der Waals surface area contributed by atoms with Crippen LogP contribution in [-0.2, 0) is 25.8 Å². The van der Waals surface area contributed by atoms with Gasteiger partial charge in [0.25, 0.3) is 0 Å². The van der Waals surface area contributed by atoms with Gasteiger partial charge in [-0.15, -0.1) is 0 Å². The van der Waals surface area contributed by atoms with E-state index >= 15 is 0 Å². The fourth-order valence-electron chi connectivity index (χ4n) is 3.79. The number of carbonyl (C=O) groups excluding carboxylic acids is 2. The van der Waals surface area contributed by atoms with Crippen molar-refractivity contribution in [2.45, 2.75) is 63.1 Å². The summed E-state index contributed by atoms with van der Waals surface area (Å²) < 4.78 is 5.22. The third-order valence-electron chi connectivity index (χ3n) is 5.68. The van der Waals surface area contributed by atoms with E-state index in [1.807, 2.05) is 12.3 Å². The van der Waals surface area contributed by atoms with E-state index in [1.54, 1.807) is 24.3 Å². The fourth-order valence-corrected chi connectivity index (χ4v) is 3.79. The van der Waals surface area contributed by atoms with Gasteiger partial charge in [-0.2, -0.15) is 5.48 Å². The number of hydrogen-bond donors (Lipinski definition) is 6. The summed E-state index contributed by atoms with van der Waals surface area (Å²) in [6.07, 6.45) is 3.29. The van der Waals surface area contributed by atoms with Crippen LogP contribution in [0.5, 0.6) is 0 Å². The molecule has 2 aliphatic heterocycles. The number of carboxylic acid groups (broad SMARTS) is 1. The number of rotatable bonds is 13. The summed E-state index contributed by atoms with van der Waals surface area (Å²) in [6, 6.07) is 8.80. The number of ether oxygens (including phenoxy) is 1. The van der Waals surface area contributed by atoms with Crippen LogP contribution in [0.4, 0.5) is 4.79 Å². The molecule has 1 saturated heterocycles. The standard InChI is InChI=1S/C23H34N6O6/c30-19(15-18-9-14-35-29-18)27-23(20(31)32,10-4-5-11-24-21-25-12-6-13-26-21)28-22(33)34-16-17-7-2-1-3-8-17/h1-3,7-8,12,18,21,24,26,29H,4-6,9-11,13-16H2,(H,27,30)(H,28,33)(H,31,32). The molecule has 2 amide bonds. The van der Waals surface area contributed by atoms with E-state index in [-0.39, 0.29) is 31.8 Å². The molecular weight excluding hydrogens is 456 g/mol. The summed E-state index contributed by atoms with van der Waals surface area (Å²) in [7, 11) is 0. The van der Waals surface area contributed by atoms with E-state index in [9.17, 15) is 19.5 Å². The van der Waals surface area contributed by atoms with Crippen molar-refractivity contribution in [2.75, 3.05) is 19.7 Å². The van der Waals surface area contributed by atoms with E-state index in [1.165, 1.54) is 0 Å². The number of hydroxylamine groups is 1. The minimum atomic E-state index is -2.01. The Morgan fingerprint density at radius 1 is 1.20 bits per heavy atom. The minimum Gasteiger partial charge on any atom is -0.478 e. The highest BCUT2D eigenvalue weighted by Crippen LogP contribution is 2.15. The molecule has 2 heterocycles. The van der Waals surface area contributed by atoms with Crippen LogP contribution in [0.3, 0.4) is 0 Å². The largest absolute Gasteiger partial charge is 0.478 e. The Morgan fingerprint density at radius 3 is 2.71 bits per heavy atom. The topological polar surface area (TPSA) is 162 Å². The molecule has 192 valence electrons. The van der Waals surface area contributed by atoms with E-state index in [2.05, 4.69) is 31.7 Å². The average Bonchev–Trinajstić information content (AvgIpc) is 3.36. The molecule has 0 spiro atoms. The molecule has 0 radical (unpaired) electrons. The van der Waals surface area contributed by atoms with Gasteiger partial charge < -0.3 is 20.0 Å². The summed E-state index contributed by atoms with van der Waals surface area (Å²) >= 11 is 0. The van der Waals surface area contributed by atoms with Crippen LogP contribution >= 0.6 is 0 Å². The molecule has 0 aromatic heterocycles. The molecule has 3 atom stereocenters. The summed E-state index contributed by atoms with van der Waals surface area (Å²) in [6.45, 7) is 1.86. The second-order valence-electron chi connectivity index (χ2n) is 8.49. The number of carbonyl (C=O) groups is 3. The van der Waals surface area contributed by atoms with Gasteiger partial charge in [0.15, 0.2) is 6.29 Å². The second-order valence-corrected chi connectivity index (χ2v) is 8.49. The Hall–Kier alpha value is -3.06. The smallest absolute Gasteiger partial charge is 0.409 e. The first-order valence-corrected chi connectivity index (χ1v) is 11.9. The molecule has 1 aromatic carbocycles. The highest BCUT2D eigenvalue weighted by atomic mass is 16.7. The number of carboxylic acids is 1. The Kier molecular flexibility index (Phi) is 10.4.